The predicted octanol–water partition coefficient (Wildman–Crippen LogP) is 3.86. The first-order valence-corrected chi connectivity index (χ1v) is 8.45. The number of aromatic nitrogens is 3. The van der Waals surface area contributed by atoms with E-state index in [1.807, 2.05) is 37.3 Å². The first-order valence-electron chi connectivity index (χ1n) is 8.45. The first-order chi connectivity index (χ1) is 12.3. The third kappa shape index (κ3) is 3.46. The molecule has 2 N–H and O–H groups in total. The van der Waals surface area contributed by atoms with Crippen molar-refractivity contribution in [1.29, 1.82) is 0 Å². The first kappa shape index (κ1) is 15.6. The summed E-state index contributed by atoms with van der Waals surface area (Å²) in [7, 11) is 0. The van der Waals surface area contributed by atoms with E-state index in [-0.39, 0.29) is 0 Å². The Morgan fingerprint density at radius 1 is 1.08 bits per heavy atom. The van der Waals surface area contributed by atoms with Gasteiger partial charge >= 0.3 is 0 Å². The molecule has 0 aliphatic rings. The van der Waals surface area contributed by atoms with Crippen LogP contribution in [0.1, 0.15) is 17.0 Å². The molecule has 4 rings (SSSR count). The second kappa shape index (κ2) is 6.91. The van der Waals surface area contributed by atoms with E-state index >= 15 is 0 Å². The average molecular weight is 332 g/mol. The lowest BCUT2D eigenvalue weighted by atomic mass is 10.1. The number of fused-ring (bicyclic) bond motifs is 1. The molecule has 0 spiro atoms. The molecule has 5 nitrogen and oxygen atoms in total. The van der Waals surface area contributed by atoms with Gasteiger partial charge < -0.3 is 14.7 Å². The van der Waals surface area contributed by atoms with Crippen molar-refractivity contribution in [3.05, 3.63) is 71.7 Å². The van der Waals surface area contributed by atoms with Crippen molar-refractivity contribution < 1.29 is 4.42 Å². The van der Waals surface area contributed by atoms with Gasteiger partial charge in [-0.1, -0.05) is 35.9 Å². The van der Waals surface area contributed by atoms with E-state index in [0.717, 1.165) is 18.5 Å². The Morgan fingerprint density at radius 3 is 2.92 bits per heavy atom. The smallest absolute Gasteiger partial charge is 0.247 e. The number of nitrogens with one attached hydrogen (secondary N) is 2. The van der Waals surface area contributed by atoms with Crippen molar-refractivity contribution in [2.45, 2.75) is 19.9 Å². The normalized spacial score (nSPS) is 11.2. The van der Waals surface area contributed by atoms with Crippen molar-refractivity contribution in [2.24, 2.45) is 0 Å². The van der Waals surface area contributed by atoms with Gasteiger partial charge in [0, 0.05) is 22.7 Å². The molecule has 0 fully saturated rings. The largest absolute Gasteiger partial charge is 0.419 e. The SMILES string of the molecule is Cc1cccc(-c2nnc(CNCCc3c[nH]c4ccccc34)o2)c1. The van der Waals surface area contributed by atoms with Gasteiger partial charge in [-0.3, -0.25) is 0 Å². The van der Waals surface area contributed by atoms with Gasteiger partial charge in [0.2, 0.25) is 11.8 Å². The van der Waals surface area contributed by atoms with E-state index in [9.17, 15) is 0 Å². The maximum absolute atomic E-state index is 5.74. The van der Waals surface area contributed by atoms with E-state index < -0.39 is 0 Å². The minimum absolute atomic E-state index is 0.567. The van der Waals surface area contributed by atoms with Crippen LogP contribution in [0.25, 0.3) is 22.4 Å². The minimum atomic E-state index is 0.567. The summed E-state index contributed by atoms with van der Waals surface area (Å²) >= 11 is 0. The number of para-hydroxylation sites is 1. The molecule has 2 aromatic heterocycles. The van der Waals surface area contributed by atoms with Crippen molar-refractivity contribution in [3.63, 3.8) is 0 Å². The van der Waals surface area contributed by atoms with Gasteiger partial charge in [0.15, 0.2) is 0 Å². The highest BCUT2D eigenvalue weighted by Gasteiger charge is 2.08. The fraction of sp³-hybridized carbons (Fsp3) is 0.200. The summed E-state index contributed by atoms with van der Waals surface area (Å²) in [5.41, 5.74) is 4.62. The summed E-state index contributed by atoms with van der Waals surface area (Å²) in [6.07, 6.45) is 3.03. The van der Waals surface area contributed by atoms with Crippen molar-refractivity contribution in [1.82, 2.24) is 20.5 Å². The van der Waals surface area contributed by atoms with Gasteiger partial charge in [0.1, 0.15) is 0 Å². The predicted molar refractivity (Wildman–Crippen MR) is 98.2 cm³/mol. The molecule has 25 heavy (non-hydrogen) atoms. The van der Waals surface area contributed by atoms with E-state index in [4.69, 9.17) is 4.42 Å². The quantitative estimate of drug-likeness (QED) is 0.526. The molecule has 5 heteroatoms. The molecular formula is C20H20N4O. The third-order valence-corrected chi connectivity index (χ3v) is 4.25. The Bertz CT molecular complexity index is 986. The summed E-state index contributed by atoms with van der Waals surface area (Å²) in [6.45, 7) is 3.47. The van der Waals surface area contributed by atoms with E-state index in [2.05, 4.69) is 44.9 Å². The Morgan fingerprint density at radius 2 is 2.00 bits per heavy atom. The minimum Gasteiger partial charge on any atom is -0.419 e. The van der Waals surface area contributed by atoms with Crippen molar-refractivity contribution >= 4 is 10.9 Å². The van der Waals surface area contributed by atoms with Gasteiger partial charge in [0.25, 0.3) is 0 Å². The molecule has 2 heterocycles. The summed E-state index contributed by atoms with van der Waals surface area (Å²) < 4.78 is 5.74. The highest BCUT2D eigenvalue weighted by molar-refractivity contribution is 5.83. The number of aryl methyl sites for hydroxylation is 1. The Kier molecular flexibility index (Phi) is 4.31. The van der Waals surface area contributed by atoms with Crippen LogP contribution in [-0.4, -0.2) is 21.7 Å². The lowest BCUT2D eigenvalue weighted by Gasteiger charge is -2.01. The second-order valence-corrected chi connectivity index (χ2v) is 6.16. The summed E-state index contributed by atoms with van der Waals surface area (Å²) in [4.78, 5) is 3.30. The average Bonchev–Trinajstić information content (AvgIpc) is 3.26. The molecule has 0 saturated heterocycles. The highest BCUT2D eigenvalue weighted by Crippen LogP contribution is 2.19. The van der Waals surface area contributed by atoms with Gasteiger partial charge in [0.05, 0.1) is 6.54 Å². The number of hydrogen-bond acceptors (Lipinski definition) is 4. The standard InChI is InChI=1S/C20H20N4O/c1-14-5-4-6-15(11-14)20-24-23-19(25-20)13-21-10-9-16-12-22-18-8-3-2-7-17(16)18/h2-8,11-12,21-22H,9-10,13H2,1H3. The van der Waals surface area contributed by atoms with Crippen LogP contribution in [0.3, 0.4) is 0 Å². The number of benzene rings is 2. The zero-order valence-corrected chi connectivity index (χ0v) is 14.1. The Hall–Kier alpha value is -2.92. The fourth-order valence-corrected chi connectivity index (χ4v) is 2.98. The molecule has 0 unspecified atom stereocenters. The molecule has 0 aliphatic carbocycles. The van der Waals surface area contributed by atoms with Crippen molar-refractivity contribution in [2.75, 3.05) is 6.54 Å². The Labute approximate surface area is 146 Å². The molecule has 0 amide bonds. The van der Waals surface area contributed by atoms with Crippen molar-refractivity contribution in [3.8, 4) is 11.5 Å². The molecule has 126 valence electrons. The van der Waals surface area contributed by atoms with Gasteiger partial charge in [-0.15, -0.1) is 10.2 Å². The van der Waals surface area contributed by atoms with E-state index in [0.29, 0.717) is 18.3 Å². The number of rotatable bonds is 6. The summed E-state index contributed by atoms with van der Waals surface area (Å²) in [5, 5.41) is 12.9. The number of nitrogens with zero attached hydrogens (tertiary/aromatic N) is 2. The van der Waals surface area contributed by atoms with Gasteiger partial charge in [-0.25, -0.2) is 0 Å². The van der Waals surface area contributed by atoms with E-state index in [1.54, 1.807) is 0 Å². The molecule has 0 radical (unpaired) electrons. The summed E-state index contributed by atoms with van der Waals surface area (Å²) in [5.74, 6) is 1.17. The summed E-state index contributed by atoms with van der Waals surface area (Å²) in [6, 6.07) is 16.4. The molecule has 0 atom stereocenters. The highest BCUT2D eigenvalue weighted by atomic mass is 16.4. The molecule has 2 aromatic carbocycles. The van der Waals surface area contributed by atoms with Crippen LogP contribution >= 0.6 is 0 Å². The zero-order chi connectivity index (χ0) is 17.1. The lowest BCUT2D eigenvalue weighted by molar-refractivity contribution is 0.478. The maximum atomic E-state index is 5.74. The molecule has 0 bridgehead atoms. The number of hydrogen-bond donors (Lipinski definition) is 2. The van der Waals surface area contributed by atoms with Gasteiger partial charge in [-0.05, 0) is 43.7 Å². The van der Waals surface area contributed by atoms with Crippen LogP contribution < -0.4 is 5.32 Å². The number of aromatic amines is 1. The molecule has 0 aliphatic heterocycles. The molecular weight excluding hydrogens is 312 g/mol. The second-order valence-electron chi connectivity index (χ2n) is 6.16. The maximum Gasteiger partial charge on any atom is 0.247 e. The van der Waals surface area contributed by atoms with Crippen LogP contribution in [0, 0.1) is 6.92 Å². The lowest BCUT2D eigenvalue weighted by Crippen LogP contribution is -2.16. The third-order valence-electron chi connectivity index (χ3n) is 4.25. The van der Waals surface area contributed by atoms with Crippen LogP contribution in [0.5, 0.6) is 0 Å². The van der Waals surface area contributed by atoms with Crippen LogP contribution in [-0.2, 0) is 13.0 Å². The topological polar surface area (TPSA) is 66.7 Å². The van der Waals surface area contributed by atoms with Crippen LogP contribution in [0.2, 0.25) is 0 Å². The van der Waals surface area contributed by atoms with Crippen LogP contribution in [0.15, 0.2) is 59.1 Å². The van der Waals surface area contributed by atoms with Gasteiger partial charge in [-0.2, -0.15) is 0 Å². The molecule has 4 aromatic rings. The monoisotopic (exact) mass is 332 g/mol. The zero-order valence-electron chi connectivity index (χ0n) is 14.1. The van der Waals surface area contributed by atoms with E-state index in [1.165, 1.54) is 22.0 Å². The fourth-order valence-electron chi connectivity index (χ4n) is 2.98. The Balaban J connectivity index is 1.33. The van der Waals surface area contributed by atoms with Crippen LogP contribution in [0.4, 0.5) is 0 Å². The number of H-pyrrole nitrogens is 1. The molecule has 0 saturated carbocycles.